The molecule has 174 valence electrons. The van der Waals surface area contributed by atoms with Crippen LogP contribution in [0, 0.1) is 0 Å². The Morgan fingerprint density at radius 1 is 1.12 bits per heavy atom. The fourth-order valence-electron chi connectivity index (χ4n) is 3.78. The van der Waals surface area contributed by atoms with Crippen LogP contribution in [0.2, 0.25) is 0 Å². The van der Waals surface area contributed by atoms with Crippen LogP contribution in [0.3, 0.4) is 0 Å². The van der Waals surface area contributed by atoms with Crippen LogP contribution in [0.4, 0.5) is 5.69 Å². The summed E-state index contributed by atoms with van der Waals surface area (Å²) in [7, 11) is 0. The molecule has 1 atom stereocenters. The number of phenols is 1. The van der Waals surface area contributed by atoms with Crippen molar-refractivity contribution in [2.24, 2.45) is 4.99 Å². The van der Waals surface area contributed by atoms with Crippen molar-refractivity contribution in [2.75, 3.05) is 31.5 Å². The Hall–Kier alpha value is -2.33. The van der Waals surface area contributed by atoms with E-state index in [-0.39, 0.29) is 42.2 Å². The normalized spacial score (nSPS) is 16.0. The van der Waals surface area contributed by atoms with Crippen molar-refractivity contribution in [3.8, 4) is 5.75 Å². The summed E-state index contributed by atoms with van der Waals surface area (Å²) in [6, 6.07) is 17.8. The number of benzene rings is 2. The standard InChI is InChI=1S/C24H33N5O2.HI/c1-3-25-24(26-17-23(31)27-20-9-11-22(30)12-10-20)28-21-13-15-29(16-14-21)18(2)19-7-5-4-6-8-19;/h4-12,18,21,30H,3,13-17H2,1-2H3,(H,27,31)(H2,25,26,28);1H. The van der Waals surface area contributed by atoms with Crippen LogP contribution in [0.15, 0.2) is 59.6 Å². The van der Waals surface area contributed by atoms with Crippen LogP contribution >= 0.6 is 24.0 Å². The minimum atomic E-state index is -0.200. The zero-order chi connectivity index (χ0) is 22.1. The summed E-state index contributed by atoms with van der Waals surface area (Å²) < 4.78 is 0. The van der Waals surface area contributed by atoms with Crippen molar-refractivity contribution < 1.29 is 9.90 Å². The number of hydrogen-bond acceptors (Lipinski definition) is 4. The maximum Gasteiger partial charge on any atom is 0.246 e. The van der Waals surface area contributed by atoms with Crippen LogP contribution < -0.4 is 16.0 Å². The number of carbonyl (C=O) groups is 1. The van der Waals surface area contributed by atoms with Crippen molar-refractivity contribution >= 4 is 41.5 Å². The third-order valence-electron chi connectivity index (χ3n) is 5.58. The molecule has 1 unspecified atom stereocenters. The number of anilines is 1. The molecule has 32 heavy (non-hydrogen) atoms. The summed E-state index contributed by atoms with van der Waals surface area (Å²) in [6.45, 7) is 7.08. The van der Waals surface area contributed by atoms with Crippen molar-refractivity contribution in [3.05, 3.63) is 60.2 Å². The molecule has 1 aliphatic rings. The number of halogens is 1. The number of carbonyl (C=O) groups excluding carboxylic acids is 1. The number of guanidine groups is 1. The number of piperidine rings is 1. The van der Waals surface area contributed by atoms with Gasteiger partial charge in [0.15, 0.2) is 5.96 Å². The number of nitrogens with one attached hydrogen (secondary N) is 3. The van der Waals surface area contributed by atoms with Gasteiger partial charge in [-0.3, -0.25) is 9.69 Å². The molecule has 1 heterocycles. The van der Waals surface area contributed by atoms with Gasteiger partial charge in [-0.05, 0) is 56.5 Å². The molecule has 0 bridgehead atoms. The van der Waals surface area contributed by atoms with Gasteiger partial charge in [-0.25, -0.2) is 4.99 Å². The first-order valence-corrected chi connectivity index (χ1v) is 11.0. The van der Waals surface area contributed by atoms with Crippen molar-refractivity contribution in [1.82, 2.24) is 15.5 Å². The summed E-state index contributed by atoms with van der Waals surface area (Å²) in [4.78, 5) is 19.2. The third-order valence-corrected chi connectivity index (χ3v) is 5.58. The number of phenolic OH excluding ortho intramolecular Hbond substituents is 1. The van der Waals surface area contributed by atoms with E-state index in [1.807, 2.05) is 6.92 Å². The molecule has 0 saturated carbocycles. The van der Waals surface area contributed by atoms with Gasteiger partial charge in [0.2, 0.25) is 5.91 Å². The highest BCUT2D eigenvalue weighted by Gasteiger charge is 2.24. The molecule has 7 nitrogen and oxygen atoms in total. The van der Waals surface area contributed by atoms with E-state index in [1.54, 1.807) is 12.1 Å². The van der Waals surface area contributed by atoms with Crippen molar-refractivity contribution in [3.63, 3.8) is 0 Å². The van der Waals surface area contributed by atoms with Gasteiger partial charge in [-0.15, -0.1) is 24.0 Å². The molecule has 2 aromatic carbocycles. The minimum absolute atomic E-state index is 0. The third kappa shape index (κ3) is 7.98. The zero-order valence-electron chi connectivity index (χ0n) is 18.8. The lowest BCUT2D eigenvalue weighted by Gasteiger charge is -2.37. The molecule has 3 rings (SSSR count). The summed E-state index contributed by atoms with van der Waals surface area (Å²) in [5.41, 5.74) is 1.99. The number of aliphatic imine (C=N–C) groups is 1. The van der Waals surface area contributed by atoms with Gasteiger partial charge < -0.3 is 21.1 Å². The molecule has 8 heteroatoms. The first-order valence-electron chi connectivity index (χ1n) is 11.0. The number of rotatable bonds is 7. The molecule has 0 aliphatic carbocycles. The van der Waals surface area contributed by atoms with Gasteiger partial charge in [-0.2, -0.15) is 0 Å². The Morgan fingerprint density at radius 3 is 2.41 bits per heavy atom. The number of aromatic hydroxyl groups is 1. The maximum absolute atomic E-state index is 12.2. The molecule has 0 spiro atoms. The number of amides is 1. The summed E-state index contributed by atoms with van der Waals surface area (Å²) in [6.07, 6.45) is 2.06. The predicted octanol–water partition coefficient (Wildman–Crippen LogP) is 3.73. The van der Waals surface area contributed by atoms with Crippen LogP contribution in [0.25, 0.3) is 0 Å². The van der Waals surface area contributed by atoms with Crippen LogP contribution in [-0.2, 0) is 4.79 Å². The van der Waals surface area contributed by atoms with E-state index >= 15 is 0 Å². The molecule has 4 N–H and O–H groups in total. The molecule has 1 saturated heterocycles. The Bertz CT molecular complexity index is 852. The largest absolute Gasteiger partial charge is 0.508 e. The zero-order valence-corrected chi connectivity index (χ0v) is 21.1. The summed E-state index contributed by atoms with van der Waals surface area (Å²) >= 11 is 0. The van der Waals surface area contributed by atoms with Crippen LogP contribution in [0.1, 0.15) is 38.3 Å². The predicted molar refractivity (Wildman–Crippen MR) is 141 cm³/mol. The lowest BCUT2D eigenvalue weighted by molar-refractivity contribution is -0.114. The minimum Gasteiger partial charge on any atom is -0.508 e. The lowest BCUT2D eigenvalue weighted by atomic mass is 10.0. The quantitative estimate of drug-likeness (QED) is 0.182. The maximum atomic E-state index is 12.2. The highest BCUT2D eigenvalue weighted by Crippen LogP contribution is 2.24. The Balaban J connectivity index is 0.00000363. The number of likely N-dealkylation sites (tertiary alicyclic amines) is 1. The SMILES string of the molecule is CCNC(=NCC(=O)Nc1ccc(O)cc1)NC1CCN(C(C)c2ccccc2)CC1.I. The highest BCUT2D eigenvalue weighted by atomic mass is 127. The number of hydrogen-bond donors (Lipinski definition) is 4. The van der Waals surface area contributed by atoms with E-state index in [0.717, 1.165) is 32.5 Å². The van der Waals surface area contributed by atoms with Gasteiger partial charge in [-0.1, -0.05) is 30.3 Å². The van der Waals surface area contributed by atoms with Crippen LogP contribution in [0.5, 0.6) is 5.75 Å². The molecular formula is C24H34IN5O2. The Morgan fingerprint density at radius 2 is 1.78 bits per heavy atom. The van der Waals surface area contributed by atoms with Gasteiger partial charge in [0.25, 0.3) is 0 Å². The molecule has 1 amide bonds. The second-order valence-corrected chi connectivity index (χ2v) is 7.83. The second-order valence-electron chi connectivity index (χ2n) is 7.83. The van der Waals surface area contributed by atoms with E-state index < -0.39 is 0 Å². The molecule has 2 aromatic rings. The Kier molecular flexibility index (Phi) is 10.8. The molecule has 0 radical (unpaired) electrons. The average molecular weight is 551 g/mol. The first-order chi connectivity index (χ1) is 15.0. The molecular weight excluding hydrogens is 517 g/mol. The molecule has 1 fully saturated rings. The van der Waals surface area contributed by atoms with E-state index in [1.165, 1.54) is 17.7 Å². The van der Waals surface area contributed by atoms with Crippen LogP contribution in [-0.4, -0.2) is 54.1 Å². The van der Waals surface area contributed by atoms with E-state index in [4.69, 9.17) is 0 Å². The smallest absolute Gasteiger partial charge is 0.246 e. The van der Waals surface area contributed by atoms with E-state index in [9.17, 15) is 9.90 Å². The second kappa shape index (κ2) is 13.3. The fraction of sp³-hybridized carbons (Fsp3) is 0.417. The summed E-state index contributed by atoms with van der Waals surface area (Å²) in [5, 5.41) is 18.8. The van der Waals surface area contributed by atoms with E-state index in [2.05, 4.69) is 63.1 Å². The van der Waals surface area contributed by atoms with Gasteiger partial charge in [0.05, 0.1) is 0 Å². The topological polar surface area (TPSA) is 89.0 Å². The first kappa shape index (κ1) is 25.9. The fourth-order valence-corrected chi connectivity index (χ4v) is 3.78. The van der Waals surface area contributed by atoms with Gasteiger partial charge in [0.1, 0.15) is 12.3 Å². The molecule has 1 aliphatic heterocycles. The van der Waals surface area contributed by atoms with Gasteiger partial charge >= 0.3 is 0 Å². The van der Waals surface area contributed by atoms with Gasteiger partial charge in [0, 0.05) is 37.4 Å². The average Bonchev–Trinajstić information content (AvgIpc) is 2.80. The van der Waals surface area contributed by atoms with E-state index in [0.29, 0.717) is 23.7 Å². The van der Waals surface area contributed by atoms with Crippen molar-refractivity contribution in [2.45, 2.75) is 38.8 Å². The van der Waals surface area contributed by atoms with Crippen molar-refractivity contribution in [1.29, 1.82) is 0 Å². The highest BCUT2D eigenvalue weighted by molar-refractivity contribution is 14.0. The summed E-state index contributed by atoms with van der Waals surface area (Å²) in [5.74, 6) is 0.631. The lowest BCUT2D eigenvalue weighted by Crippen LogP contribution is -2.49. The monoisotopic (exact) mass is 551 g/mol. The Labute approximate surface area is 207 Å². The number of nitrogens with zero attached hydrogens (tertiary/aromatic N) is 2. The molecule has 0 aromatic heterocycles.